The molecule has 0 aliphatic heterocycles. The van der Waals surface area contributed by atoms with E-state index in [1.807, 2.05) is 0 Å². The van der Waals surface area contributed by atoms with Gasteiger partial charge in [-0.1, -0.05) is 23.2 Å². The Balaban J connectivity index is 4.67. The summed E-state index contributed by atoms with van der Waals surface area (Å²) in [4.78, 5) is 20.4. The molecule has 2 amide bonds. The van der Waals surface area contributed by atoms with Crippen LogP contribution < -0.4 is 11.5 Å². The third kappa shape index (κ3) is 2.24. The molecule has 0 unspecified atom stereocenters. The molecular formula is C4H4Cl2N2O2. The molecule has 56 valence electrons. The van der Waals surface area contributed by atoms with Gasteiger partial charge in [0.1, 0.15) is 10.1 Å². The lowest BCUT2D eigenvalue weighted by Gasteiger charge is -1.92. The maximum Gasteiger partial charge on any atom is 0.261 e. The van der Waals surface area contributed by atoms with Crippen LogP contribution in [0, 0.1) is 0 Å². The van der Waals surface area contributed by atoms with Gasteiger partial charge in [-0.2, -0.15) is 0 Å². The van der Waals surface area contributed by atoms with E-state index >= 15 is 0 Å². The van der Waals surface area contributed by atoms with Crippen LogP contribution in [0.2, 0.25) is 0 Å². The van der Waals surface area contributed by atoms with Crippen LogP contribution in [0.15, 0.2) is 10.1 Å². The largest absolute Gasteiger partial charge is 0.365 e. The Morgan fingerprint density at radius 1 is 0.900 bits per heavy atom. The average Bonchev–Trinajstić information content (AvgIpc) is 1.84. The second kappa shape index (κ2) is 3.43. The molecular weight excluding hydrogens is 179 g/mol. The zero-order chi connectivity index (χ0) is 8.31. The summed E-state index contributed by atoms with van der Waals surface area (Å²) in [7, 11) is 0. The summed E-state index contributed by atoms with van der Waals surface area (Å²) in [6.07, 6.45) is 0. The second-order valence-electron chi connectivity index (χ2n) is 1.36. The van der Waals surface area contributed by atoms with Gasteiger partial charge in [-0.25, -0.2) is 0 Å². The highest BCUT2D eigenvalue weighted by molar-refractivity contribution is 6.53. The molecule has 0 saturated carbocycles. The molecule has 0 aromatic heterocycles. The molecule has 0 rings (SSSR count). The molecule has 0 aliphatic carbocycles. The Morgan fingerprint density at radius 3 is 1.20 bits per heavy atom. The molecule has 0 spiro atoms. The van der Waals surface area contributed by atoms with E-state index in [2.05, 4.69) is 11.5 Å². The molecule has 0 heterocycles. The van der Waals surface area contributed by atoms with Crippen molar-refractivity contribution < 1.29 is 9.59 Å². The van der Waals surface area contributed by atoms with Crippen molar-refractivity contribution in [2.45, 2.75) is 0 Å². The molecule has 4 nitrogen and oxygen atoms in total. The van der Waals surface area contributed by atoms with Crippen molar-refractivity contribution in [1.82, 2.24) is 0 Å². The summed E-state index contributed by atoms with van der Waals surface area (Å²) in [5.74, 6) is -1.96. The van der Waals surface area contributed by atoms with Crippen LogP contribution in [-0.2, 0) is 9.59 Å². The quantitative estimate of drug-likeness (QED) is 0.573. The third-order valence-electron chi connectivity index (χ3n) is 0.625. The molecule has 4 N–H and O–H groups in total. The first-order valence-electron chi connectivity index (χ1n) is 2.11. The van der Waals surface area contributed by atoms with Crippen molar-refractivity contribution in [2.75, 3.05) is 0 Å². The van der Waals surface area contributed by atoms with E-state index in [1.165, 1.54) is 0 Å². The Hall–Kier alpha value is -0.740. The lowest BCUT2D eigenvalue weighted by Crippen LogP contribution is -2.17. The van der Waals surface area contributed by atoms with E-state index < -0.39 is 21.9 Å². The number of hydrogen-bond donors (Lipinski definition) is 2. The Labute approximate surface area is 66.8 Å². The normalized spacial score (nSPS) is 12.2. The predicted molar refractivity (Wildman–Crippen MR) is 37.1 cm³/mol. The lowest BCUT2D eigenvalue weighted by atomic mass is 10.4. The van der Waals surface area contributed by atoms with Crippen LogP contribution in [0.25, 0.3) is 0 Å². The SMILES string of the molecule is NC(=O)C(Cl)=C(Cl)C(N)=O. The summed E-state index contributed by atoms with van der Waals surface area (Å²) in [6, 6.07) is 0. The van der Waals surface area contributed by atoms with E-state index in [0.717, 1.165) is 0 Å². The zero-order valence-electron chi connectivity index (χ0n) is 4.73. The number of primary amides is 2. The molecule has 0 atom stereocenters. The standard InChI is InChI=1S/C4H4Cl2N2O2/c5-1(3(7)9)2(6)4(8)10/h(H2,7,9)(H2,8,10). The fourth-order valence-electron chi connectivity index (χ4n) is 0.216. The third-order valence-corrected chi connectivity index (χ3v) is 1.47. The van der Waals surface area contributed by atoms with Crippen LogP contribution in [0.4, 0.5) is 0 Å². The van der Waals surface area contributed by atoms with Gasteiger partial charge in [-0.3, -0.25) is 9.59 Å². The topological polar surface area (TPSA) is 86.2 Å². The van der Waals surface area contributed by atoms with Gasteiger partial charge in [0, 0.05) is 0 Å². The summed E-state index contributed by atoms with van der Waals surface area (Å²) < 4.78 is 0. The first-order chi connectivity index (χ1) is 4.46. The van der Waals surface area contributed by atoms with Crippen LogP contribution >= 0.6 is 23.2 Å². The number of carbonyl (C=O) groups excluding carboxylic acids is 2. The second-order valence-corrected chi connectivity index (χ2v) is 2.11. The monoisotopic (exact) mass is 182 g/mol. The highest BCUT2D eigenvalue weighted by Crippen LogP contribution is 2.11. The van der Waals surface area contributed by atoms with Crippen LogP contribution in [-0.4, -0.2) is 11.8 Å². The summed E-state index contributed by atoms with van der Waals surface area (Å²) >= 11 is 10.3. The first-order valence-corrected chi connectivity index (χ1v) is 2.87. The number of carbonyl (C=O) groups is 2. The van der Waals surface area contributed by atoms with Crippen LogP contribution in [0.3, 0.4) is 0 Å². The van der Waals surface area contributed by atoms with E-state index in [0.29, 0.717) is 0 Å². The van der Waals surface area contributed by atoms with Crippen molar-refractivity contribution in [2.24, 2.45) is 11.5 Å². The number of nitrogens with two attached hydrogens (primary N) is 2. The van der Waals surface area contributed by atoms with Gasteiger partial charge < -0.3 is 11.5 Å². The van der Waals surface area contributed by atoms with Crippen molar-refractivity contribution in [1.29, 1.82) is 0 Å². The van der Waals surface area contributed by atoms with E-state index in [9.17, 15) is 9.59 Å². The van der Waals surface area contributed by atoms with Gasteiger partial charge in [0.15, 0.2) is 0 Å². The smallest absolute Gasteiger partial charge is 0.261 e. The first kappa shape index (κ1) is 9.26. The fraction of sp³-hybridized carbons (Fsp3) is 0. The molecule has 0 saturated heterocycles. The number of rotatable bonds is 2. The van der Waals surface area contributed by atoms with Crippen molar-refractivity contribution in [3.63, 3.8) is 0 Å². The van der Waals surface area contributed by atoms with E-state index in [4.69, 9.17) is 23.2 Å². The highest BCUT2D eigenvalue weighted by atomic mass is 35.5. The predicted octanol–water partition coefficient (Wildman–Crippen LogP) is -0.354. The summed E-state index contributed by atoms with van der Waals surface area (Å²) in [6.45, 7) is 0. The maximum absolute atomic E-state index is 10.2. The summed E-state index contributed by atoms with van der Waals surface area (Å²) in [5.41, 5.74) is 9.31. The number of amides is 2. The van der Waals surface area contributed by atoms with Gasteiger partial charge >= 0.3 is 0 Å². The molecule has 0 aliphatic rings. The molecule has 0 bridgehead atoms. The minimum absolute atomic E-state index is 0.547. The number of hydrogen-bond acceptors (Lipinski definition) is 2. The summed E-state index contributed by atoms with van der Waals surface area (Å²) in [5, 5.41) is -1.09. The fourth-order valence-corrected chi connectivity index (χ4v) is 0.403. The average molecular weight is 183 g/mol. The Morgan fingerprint density at radius 2 is 1.10 bits per heavy atom. The highest BCUT2D eigenvalue weighted by Gasteiger charge is 2.11. The van der Waals surface area contributed by atoms with Gasteiger partial charge in [-0.05, 0) is 0 Å². The maximum atomic E-state index is 10.2. The molecule has 6 heteroatoms. The molecule has 10 heavy (non-hydrogen) atoms. The molecule has 0 aromatic rings. The minimum Gasteiger partial charge on any atom is -0.365 e. The van der Waals surface area contributed by atoms with Crippen LogP contribution in [0.5, 0.6) is 0 Å². The Bertz CT molecular complexity index is 189. The molecule has 0 fully saturated rings. The molecule has 0 radical (unpaired) electrons. The Kier molecular flexibility index (Phi) is 3.18. The lowest BCUT2D eigenvalue weighted by molar-refractivity contribution is -0.116. The minimum atomic E-state index is -0.981. The zero-order valence-corrected chi connectivity index (χ0v) is 6.24. The van der Waals surface area contributed by atoms with Gasteiger partial charge in [0.25, 0.3) is 11.8 Å². The van der Waals surface area contributed by atoms with Crippen LogP contribution in [0.1, 0.15) is 0 Å². The van der Waals surface area contributed by atoms with Gasteiger partial charge in [0.2, 0.25) is 0 Å². The molecule has 0 aromatic carbocycles. The van der Waals surface area contributed by atoms with E-state index in [1.54, 1.807) is 0 Å². The van der Waals surface area contributed by atoms with Gasteiger partial charge in [-0.15, -0.1) is 0 Å². The van der Waals surface area contributed by atoms with Crippen molar-refractivity contribution >= 4 is 35.0 Å². The van der Waals surface area contributed by atoms with Crippen molar-refractivity contribution in [3.8, 4) is 0 Å². The van der Waals surface area contributed by atoms with Crippen molar-refractivity contribution in [3.05, 3.63) is 10.1 Å². The van der Waals surface area contributed by atoms with E-state index in [-0.39, 0.29) is 0 Å². The number of halogens is 2. The van der Waals surface area contributed by atoms with Gasteiger partial charge in [0.05, 0.1) is 0 Å².